The molecule has 0 amide bonds. The van der Waals surface area contributed by atoms with E-state index in [4.69, 9.17) is 5.11 Å². The second-order valence-corrected chi connectivity index (χ2v) is 7.36. The van der Waals surface area contributed by atoms with Crippen LogP contribution in [0.4, 0.5) is 0 Å². The van der Waals surface area contributed by atoms with Crippen LogP contribution in [0.1, 0.15) is 46.8 Å². The number of nitrogens with zero attached hydrogens (tertiary/aromatic N) is 1. The van der Waals surface area contributed by atoms with Crippen molar-refractivity contribution in [3.8, 4) is 0 Å². The predicted octanol–water partition coefficient (Wildman–Crippen LogP) is 3.91. The highest BCUT2D eigenvalue weighted by atomic mass is 16.4. The Hall–Kier alpha value is -2.17. The maximum absolute atomic E-state index is 11.1. The molecule has 1 unspecified atom stereocenters. The molecule has 1 saturated heterocycles. The van der Waals surface area contributed by atoms with Crippen molar-refractivity contribution in [3.63, 3.8) is 0 Å². The molecule has 0 radical (unpaired) electrons. The first-order chi connectivity index (χ1) is 12.6. The van der Waals surface area contributed by atoms with Gasteiger partial charge in [0.15, 0.2) is 0 Å². The molecular weight excluding hydrogens is 324 g/mol. The van der Waals surface area contributed by atoms with E-state index in [-0.39, 0.29) is 0 Å². The third-order valence-corrected chi connectivity index (χ3v) is 5.07. The van der Waals surface area contributed by atoms with Crippen molar-refractivity contribution in [3.05, 3.63) is 70.8 Å². The standard InChI is InChI=1S/C22H28N2O2/c1-17-6-5-11-24(15-17)16-21-9-3-2-8-20(21)14-23-13-18-7-4-10-19(12-18)22(25)26/h2-4,7-10,12,17,23H,5-6,11,13-16H2,1H3,(H,25,26). The van der Waals surface area contributed by atoms with Gasteiger partial charge in [0.2, 0.25) is 0 Å². The molecule has 0 spiro atoms. The van der Waals surface area contributed by atoms with Crippen molar-refractivity contribution < 1.29 is 9.90 Å². The molecule has 2 aromatic carbocycles. The molecule has 1 atom stereocenters. The molecule has 3 rings (SSSR count). The summed E-state index contributed by atoms with van der Waals surface area (Å²) in [5.74, 6) is -0.0940. The summed E-state index contributed by atoms with van der Waals surface area (Å²) in [7, 11) is 0. The highest BCUT2D eigenvalue weighted by Gasteiger charge is 2.17. The lowest BCUT2D eigenvalue weighted by molar-refractivity contribution is 0.0696. The maximum atomic E-state index is 11.1. The van der Waals surface area contributed by atoms with Crippen LogP contribution in [0.5, 0.6) is 0 Å². The Labute approximate surface area is 155 Å². The van der Waals surface area contributed by atoms with Crippen molar-refractivity contribution in [2.45, 2.75) is 39.4 Å². The van der Waals surface area contributed by atoms with Gasteiger partial charge >= 0.3 is 5.97 Å². The second kappa shape index (κ2) is 8.97. The Bertz CT molecular complexity index is 744. The van der Waals surface area contributed by atoms with Gasteiger partial charge in [0.05, 0.1) is 5.56 Å². The van der Waals surface area contributed by atoms with E-state index in [2.05, 4.69) is 41.4 Å². The topological polar surface area (TPSA) is 52.6 Å². The Balaban J connectivity index is 1.58. The Kier molecular flexibility index (Phi) is 6.42. The first kappa shape index (κ1) is 18.6. The van der Waals surface area contributed by atoms with Crippen LogP contribution in [0, 0.1) is 5.92 Å². The van der Waals surface area contributed by atoms with Gasteiger partial charge in [0.1, 0.15) is 0 Å². The SMILES string of the molecule is CC1CCCN(Cc2ccccc2CNCc2cccc(C(=O)O)c2)C1. The van der Waals surface area contributed by atoms with E-state index in [1.165, 1.54) is 37.1 Å². The molecule has 0 aliphatic carbocycles. The zero-order valence-corrected chi connectivity index (χ0v) is 15.4. The molecular formula is C22H28N2O2. The predicted molar refractivity (Wildman–Crippen MR) is 104 cm³/mol. The van der Waals surface area contributed by atoms with Crippen molar-refractivity contribution in [2.24, 2.45) is 5.92 Å². The summed E-state index contributed by atoms with van der Waals surface area (Å²) in [5.41, 5.74) is 4.03. The summed E-state index contributed by atoms with van der Waals surface area (Å²) >= 11 is 0. The number of carboxylic acids is 1. The number of carbonyl (C=O) groups is 1. The number of hydrogen-bond acceptors (Lipinski definition) is 3. The molecule has 138 valence electrons. The largest absolute Gasteiger partial charge is 0.478 e. The lowest BCUT2D eigenvalue weighted by Gasteiger charge is -2.31. The summed E-state index contributed by atoms with van der Waals surface area (Å²) in [5, 5.41) is 12.6. The van der Waals surface area contributed by atoms with Crippen LogP contribution in [0.2, 0.25) is 0 Å². The van der Waals surface area contributed by atoms with Crippen molar-refractivity contribution >= 4 is 5.97 Å². The summed E-state index contributed by atoms with van der Waals surface area (Å²) in [6.07, 6.45) is 2.64. The first-order valence-electron chi connectivity index (χ1n) is 9.44. The minimum absolute atomic E-state index is 0.337. The van der Waals surface area contributed by atoms with E-state index in [1.807, 2.05) is 6.07 Å². The van der Waals surface area contributed by atoms with E-state index in [9.17, 15) is 4.79 Å². The maximum Gasteiger partial charge on any atom is 0.335 e. The number of nitrogens with one attached hydrogen (secondary N) is 1. The summed E-state index contributed by atoms with van der Waals surface area (Å²) in [6, 6.07) is 15.7. The van der Waals surface area contributed by atoms with Gasteiger partial charge in [-0.05, 0) is 54.1 Å². The smallest absolute Gasteiger partial charge is 0.335 e. The molecule has 1 aliphatic heterocycles. The fourth-order valence-corrected chi connectivity index (χ4v) is 3.71. The summed E-state index contributed by atoms with van der Waals surface area (Å²) in [4.78, 5) is 13.6. The van der Waals surface area contributed by atoms with Crippen LogP contribution in [0.15, 0.2) is 48.5 Å². The van der Waals surface area contributed by atoms with Gasteiger partial charge in [-0.1, -0.05) is 43.3 Å². The molecule has 4 nitrogen and oxygen atoms in total. The van der Waals surface area contributed by atoms with Gasteiger partial charge in [-0.2, -0.15) is 0 Å². The minimum Gasteiger partial charge on any atom is -0.478 e. The van der Waals surface area contributed by atoms with E-state index < -0.39 is 5.97 Å². The molecule has 26 heavy (non-hydrogen) atoms. The van der Waals surface area contributed by atoms with Crippen molar-refractivity contribution in [1.29, 1.82) is 0 Å². The molecule has 4 heteroatoms. The van der Waals surface area contributed by atoms with Crippen LogP contribution >= 0.6 is 0 Å². The quantitative estimate of drug-likeness (QED) is 0.793. The Morgan fingerprint density at radius 1 is 1.15 bits per heavy atom. The highest BCUT2D eigenvalue weighted by molar-refractivity contribution is 5.87. The molecule has 2 N–H and O–H groups in total. The molecule has 1 heterocycles. The van der Waals surface area contributed by atoms with Crippen molar-refractivity contribution in [2.75, 3.05) is 13.1 Å². The first-order valence-corrected chi connectivity index (χ1v) is 9.44. The average Bonchev–Trinajstić information content (AvgIpc) is 2.63. The molecule has 2 aromatic rings. The Morgan fingerprint density at radius 2 is 1.96 bits per heavy atom. The van der Waals surface area contributed by atoms with Gasteiger partial charge in [-0.3, -0.25) is 4.90 Å². The molecule has 0 bridgehead atoms. The number of benzene rings is 2. The number of piperidine rings is 1. The number of aromatic carboxylic acids is 1. The zero-order chi connectivity index (χ0) is 18.4. The molecule has 0 aromatic heterocycles. The Morgan fingerprint density at radius 3 is 2.73 bits per heavy atom. The number of carboxylic acid groups (broad SMARTS) is 1. The van der Waals surface area contributed by atoms with Gasteiger partial charge in [-0.15, -0.1) is 0 Å². The normalized spacial score (nSPS) is 18.0. The van der Waals surface area contributed by atoms with Crippen LogP contribution in [-0.4, -0.2) is 29.1 Å². The van der Waals surface area contributed by atoms with E-state index >= 15 is 0 Å². The average molecular weight is 352 g/mol. The third-order valence-electron chi connectivity index (χ3n) is 5.07. The monoisotopic (exact) mass is 352 g/mol. The van der Waals surface area contributed by atoms with Gasteiger partial charge in [-0.25, -0.2) is 4.79 Å². The van der Waals surface area contributed by atoms with Crippen LogP contribution < -0.4 is 5.32 Å². The van der Waals surface area contributed by atoms with Gasteiger partial charge in [0.25, 0.3) is 0 Å². The third kappa shape index (κ3) is 5.16. The van der Waals surface area contributed by atoms with Crippen LogP contribution in [-0.2, 0) is 19.6 Å². The second-order valence-electron chi connectivity index (χ2n) is 7.36. The highest BCUT2D eigenvalue weighted by Crippen LogP contribution is 2.19. The van der Waals surface area contributed by atoms with Crippen LogP contribution in [0.3, 0.4) is 0 Å². The van der Waals surface area contributed by atoms with Gasteiger partial charge < -0.3 is 10.4 Å². The molecule has 1 aliphatic rings. The zero-order valence-electron chi connectivity index (χ0n) is 15.4. The lowest BCUT2D eigenvalue weighted by atomic mass is 9.99. The fraction of sp³-hybridized carbons (Fsp3) is 0.409. The summed E-state index contributed by atoms with van der Waals surface area (Å²) in [6.45, 7) is 7.17. The van der Waals surface area contributed by atoms with E-state index in [0.29, 0.717) is 12.1 Å². The van der Waals surface area contributed by atoms with E-state index in [0.717, 1.165) is 24.6 Å². The van der Waals surface area contributed by atoms with E-state index in [1.54, 1.807) is 18.2 Å². The van der Waals surface area contributed by atoms with Crippen molar-refractivity contribution in [1.82, 2.24) is 10.2 Å². The van der Waals surface area contributed by atoms with Gasteiger partial charge in [0, 0.05) is 26.2 Å². The number of hydrogen-bond donors (Lipinski definition) is 2. The van der Waals surface area contributed by atoms with Crippen LogP contribution in [0.25, 0.3) is 0 Å². The number of likely N-dealkylation sites (tertiary alicyclic amines) is 1. The lowest BCUT2D eigenvalue weighted by Crippen LogP contribution is -2.34. The molecule has 1 fully saturated rings. The fourth-order valence-electron chi connectivity index (χ4n) is 3.71. The summed E-state index contributed by atoms with van der Waals surface area (Å²) < 4.78 is 0. The minimum atomic E-state index is -0.882. The number of rotatable bonds is 7. The molecule has 0 saturated carbocycles.